The van der Waals surface area contributed by atoms with Crippen LogP contribution in [0.5, 0.6) is 11.5 Å². The molecule has 3 aromatic rings. The molecule has 0 bridgehead atoms. The summed E-state index contributed by atoms with van der Waals surface area (Å²) >= 11 is 12.6. The molecule has 0 aliphatic rings. The van der Waals surface area contributed by atoms with E-state index >= 15 is 0 Å². The predicted octanol–water partition coefficient (Wildman–Crippen LogP) is 7.32. The van der Waals surface area contributed by atoms with E-state index in [-0.39, 0.29) is 29.0 Å². The van der Waals surface area contributed by atoms with Gasteiger partial charge in [0.05, 0.1) is 12.1 Å². The molecule has 3 rings (SSSR count). The number of benzene rings is 3. The third kappa shape index (κ3) is 7.02. The van der Waals surface area contributed by atoms with Gasteiger partial charge in [0.1, 0.15) is 12.4 Å². The largest absolute Gasteiger partial charge is 0.493 e. The van der Waals surface area contributed by atoms with Crippen molar-refractivity contribution in [2.75, 3.05) is 17.7 Å². The molecule has 2 N–H and O–H groups in total. The van der Waals surface area contributed by atoms with E-state index in [1.54, 1.807) is 18.2 Å². The summed E-state index contributed by atoms with van der Waals surface area (Å²) in [6, 6.07) is 15.3. The number of hydrogen-bond donors (Lipinski definition) is 2. The molecule has 0 aliphatic carbocycles. The van der Waals surface area contributed by atoms with Gasteiger partial charge in [-0.3, -0.25) is 4.79 Å². The first-order valence-corrected chi connectivity index (χ1v) is 11.6. The highest BCUT2D eigenvalue weighted by Gasteiger charge is 2.14. The van der Waals surface area contributed by atoms with Crippen LogP contribution in [0.25, 0.3) is 0 Å². The Hall–Kier alpha value is -2.96. The number of carbonyl (C=O) groups is 1. The van der Waals surface area contributed by atoms with Crippen molar-refractivity contribution < 1.29 is 18.7 Å². The van der Waals surface area contributed by atoms with Crippen molar-refractivity contribution in [3.63, 3.8) is 0 Å². The zero-order valence-corrected chi connectivity index (χ0v) is 20.8. The third-order valence-corrected chi connectivity index (χ3v) is 5.70. The second-order valence-electron chi connectivity index (χ2n) is 8.16. The second-order valence-corrected chi connectivity index (χ2v) is 8.98. The Morgan fingerprint density at radius 1 is 1.00 bits per heavy atom. The quantitative estimate of drug-likeness (QED) is 0.303. The molecule has 0 saturated heterocycles. The summed E-state index contributed by atoms with van der Waals surface area (Å²) in [5, 5.41) is 6.96. The van der Waals surface area contributed by atoms with Crippen LogP contribution in [0.3, 0.4) is 0 Å². The fourth-order valence-electron chi connectivity index (χ4n) is 3.29. The smallest absolute Gasteiger partial charge is 0.224 e. The van der Waals surface area contributed by atoms with Crippen LogP contribution in [0.1, 0.15) is 31.4 Å². The monoisotopic (exact) mass is 504 g/mol. The first-order chi connectivity index (χ1) is 16.3. The van der Waals surface area contributed by atoms with Gasteiger partial charge >= 0.3 is 0 Å². The molecule has 0 aliphatic heterocycles. The van der Waals surface area contributed by atoms with Crippen molar-refractivity contribution in [2.45, 2.75) is 33.4 Å². The van der Waals surface area contributed by atoms with E-state index in [0.717, 1.165) is 16.9 Å². The maximum Gasteiger partial charge on any atom is 0.224 e. The Balaban J connectivity index is 1.68. The second kappa shape index (κ2) is 12.0. The average molecular weight is 505 g/mol. The summed E-state index contributed by atoms with van der Waals surface area (Å²) in [5.74, 6) is 0.663. The molecule has 1 amide bonds. The molecule has 0 unspecified atom stereocenters. The Kier molecular flexibility index (Phi) is 9.02. The normalized spacial score (nSPS) is 10.8. The average Bonchev–Trinajstić information content (AvgIpc) is 2.77. The molecule has 5 nitrogen and oxygen atoms in total. The van der Waals surface area contributed by atoms with Crippen molar-refractivity contribution in [2.24, 2.45) is 5.92 Å². The zero-order valence-electron chi connectivity index (χ0n) is 19.3. The number of ether oxygens (including phenoxy) is 2. The van der Waals surface area contributed by atoms with Crippen LogP contribution in [-0.4, -0.2) is 13.0 Å². The van der Waals surface area contributed by atoms with Gasteiger partial charge in [-0.1, -0.05) is 49.2 Å². The minimum atomic E-state index is -0.444. The van der Waals surface area contributed by atoms with E-state index in [2.05, 4.69) is 10.6 Å². The third-order valence-electron chi connectivity index (χ3n) is 4.99. The van der Waals surface area contributed by atoms with Crippen molar-refractivity contribution in [1.29, 1.82) is 0 Å². The number of amides is 1. The molecule has 8 heteroatoms. The number of nitrogens with one attached hydrogen (secondary N) is 2. The molecule has 0 atom stereocenters. The fraction of sp³-hybridized carbons (Fsp3) is 0.269. The lowest BCUT2D eigenvalue weighted by atomic mass is 10.1. The molecule has 0 spiro atoms. The molecule has 0 radical (unpaired) electrons. The van der Waals surface area contributed by atoms with Crippen LogP contribution >= 0.6 is 23.2 Å². The highest BCUT2D eigenvalue weighted by atomic mass is 35.5. The van der Waals surface area contributed by atoms with Gasteiger partial charge in [-0.25, -0.2) is 4.39 Å². The van der Waals surface area contributed by atoms with E-state index in [9.17, 15) is 9.18 Å². The molecule has 0 heterocycles. The summed E-state index contributed by atoms with van der Waals surface area (Å²) < 4.78 is 25.3. The number of rotatable bonds is 10. The molecule has 180 valence electrons. The number of halogens is 3. The molecule has 34 heavy (non-hydrogen) atoms. The van der Waals surface area contributed by atoms with Crippen LogP contribution in [0, 0.1) is 11.7 Å². The number of methoxy groups -OCH3 is 1. The summed E-state index contributed by atoms with van der Waals surface area (Å²) in [6.45, 7) is 4.35. The minimum Gasteiger partial charge on any atom is -0.493 e. The van der Waals surface area contributed by atoms with Crippen LogP contribution in [0.2, 0.25) is 10.0 Å². The Morgan fingerprint density at radius 3 is 2.44 bits per heavy atom. The van der Waals surface area contributed by atoms with Gasteiger partial charge in [0.15, 0.2) is 11.5 Å². The van der Waals surface area contributed by atoms with E-state index in [1.807, 2.05) is 38.1 Å². The van der Waals surface area contributed by atoms with Gasteiger partial charge in [-0.15, -0.1) is 0 Å². The molecular formula is C26H27Cl2FN2O3. The Morgan fingerprint density at radius 2 is 1.74 bits per heavy atom. The van der Waals surface area contributed by atoms with Gasteiger partial charge < -0.3 is 20.1 Å². The van der Waals surface area contributed by atoms with E-state index < -0.39 is 5.82 Å². The predicted molar refractivity (Wildman–Crippen MR) is 136 cm³/mol. The van der Waals surface area contributed by atoms with Crippen LogP contribution in [0.15, 0.2) is 54.6 Å². The first-order valence-electron chi connectivity index (χ1n) is 10.8. The minimum absolute atomic E-state index is 0.0211. The van der Waals surface area contributed by atoms with Crippen molar-refractivity contribution in [1.82, 2.24) is 0 Å². The molecular weight excluding hydrogens is 478 g/mol. The molecule has 0 saturated carbocycles. The maximum absolute atomic E-state index is 14.0. The number of anilines is 2. The first kappa shape index (κ1) is 25.7. The van der Waals surface area contributed by atoms with Gasteiger partial charge in [0.25, 0.3) is 0 Å². The van der Waals surface area contributed by atoms with Crippen molar-refractivity contribution in [3.05, 3.63) is 81.6 Å². The van der Waals surface area contributed by atoms with E-state index in [4.69, 9.17) is 32.7 Å². The van der Waals surface area contributed by atoms with Gasteiger partial charge in [0.2, 0.25) is 5.91 Å². The number of hydrogen-bond acceptors (Lipinski definition) is 4. The summed E-state index contributed by atoms with van der Waals surface area (Å²) in [5.41, 5.74) is 2.58. The lowest BCUT2D eigenvalue weighted by Gasteiger charge is -2.16. The van der Waals surface area contributed by atoms with E-state index in [1.165, 1.54) is 19.2 Å². The summed E-state index contributed by atoms with van der Waals surface area (Å²) in [6.07, 6.45) is 0.463. The number of carbonyl (C=O) groups excluding carboxylic acids is 1. The van der Waals surface area contributed by atoms with Crippen molar-refractivity contribution in [3.8, 4) is 11.5 Å². The van der Waals surface area contributed by atoms with Gasteiger partial charge in [-0.2, -0.15) is 0 Å². The summed E-state index contributed by atoms with van der Waals surface area (Å²) in [7, 11) is 1.52. The maximum atomic E-state index is 14.0. The Labute approximate surface area is 209 Å². The van der Waals surface area contributed by atoms with Gasteiger partial charge in [-0.05, 0) is 47.9 Å². The van der Waals surface area contributed by atoms with Crippen LogP contribution < -0.4 is 20.1 Å². The lowest BCUT2D eigenvalue weighted by molar-refractivity contribution is -0.116. The van der Waals surface area contributed by atoms with Crippen LogP contribution in [-0.2, 0) is 17.9 Å². The van der Waals surface area contributed by atoms with E-state index in [0.29, 0.717) is 29.5 Å². The molecule has 0 aromatic heterocycles. The zero-order chi connectivity index (χ0) is 24.7. The standard InChI is InChI=1S/C26H27Cl2FN2O3/c1-16(2)10-26(32)31-19-7-4-6-18(12-19)30-14-17-11-24(33-3)25(13-22(17)28)34-15-20-21(27)8-5-9-23(20)29/h4-9,11-13,16,30H,10,14-15H2,1-3H3,(H,31,32). The molecule has 3 aromatic carbocycles. The fourth-order valence-corrected chi connectivity index (χ4v) is 3.73. The molecule has 0 fully saturated rings. The van der Waals surface area contributed by atoms with Crippen molar-refractivity contribution >= 4 is 40.5 Å². The van der Waals surface area contributed by atoms with Crippen LogP contribution in [0.4, 0.5) is 15.8 Å². The highest BCUT2D eigenvalue weighted by Crippen LogP contribution is 2.35. The Bertz CT molecular complexity index is 1130. The lowest BCUT2D eigenvalue weighted by Crippen LogP contribution is -2.13. The topological polar surface area (TPSA) is 59.6 Å². The SMILES string of the molecule is COc1cc(CNc2cccc(NC(=O)CC(C)C)c2)c(Cl)cc1OCc1c(F)cccc1Cl. The summed E-state index contributed by atoms with van der Waals surface area (Å²) in [4.78, 5) is 12.0. The highest BCUT2D eigenvalue weighted by molar-refractivity contribution is 6.31. The van der Waals surface area contributed by atoms with Gasteiger partial charge in [0, 0.05) is 41.0 Å².